The van der Waals surface area contributed by atoms with Gasteiger partial charge in [-0.15, -0.1) is 12.6 Å². The van der Waals surface area contributed by atoms with Crippen LogP contribution in [-0.4, -0.2) is 44.7 Å². The van der Waals surface area contributed by atoms with E-state index in [1.807, 2.05) is 0 Å². The Labute approximate surface area is 181 Å². The summed E-state index contributed by atoms with van der Waals surface area (Å²) in [5.74, 6) is -0.849. The number of nitrogens with one attached hydrogen (secondary N) is 2. The number of carbonyl (C=O) groups excluding carboxylic acids is 2. The Balaban J connectivity index is 1.59. The van der Waals surface area contributed by atoms with Gasteiger partial charge in [-0.2, -0.15) is 0 Å². The number of amides is 1. The van der Waals surface area contributed by atoms with Crippen LogP contribution >= 0.6 is 12.6 Å². The van der Waals surface area contributed by atoms with E-state index in [9.17, 15) is 18.0 Å². The van der Waals surface area contributed by atoms with Crippen molar-refractivity contribution in [1.82, 2.24) is 5.32 Å². The van der Waals surface area contributed by atoms with Gasteiger partial charge in [-0.3, -0.25) is 4.79 Å². The molecule has 2 aromatic carbocycles. The largest absolute Gasteiger partial charge is 0.462 e. The smallest absolute Gasteiger partial charge is 0.338 e. The molecule has 0 bridgehead atoms. The average Bonchev–Trinajstić information content (AvgIpc) is 3.22. The van der Waals surface area contributed by atoms with Gasteiger partial charge in [0, 0.05) is 17.1 Å². The lowest BCUT2D eigenvalue weighted by molar-refractivity contribution is -0.117. The molecule has 0 aromatic heterocycles. The summed E-state index contributed by atoms with van der Waals surface area (Å²) in [6, 6.07) is 12.8. The van der Waals surface area contributed by atoms with Crippen LogP contribution < -0.4 is 10.6 Å². The van der Waals surface area contributed by atoms with E-state index in [2.05, 4.69) is 23.3 Å². The van der Waals surface area contributed by atoms with Crippen LogP contribution in [0.15, 0.2) is 53.4 Å². The number of sulfone groups is 1. The van der Waals surface area contributed by atoms with Crippen LogP contribution in [0.25, 0.3) is 0 Å². The fourth-order valence-electron chi connectivity index (χ4n) is 3.28. The Kier molecular flexibility index (Phi) is 7.17. The van der Waals surface area contributed by atoms with Crippen LogP contribution in [0.1, 0.15) is 29.3 Å². The second-order valence-electron chi connectivity index (χ2n) is 7.04. The van der Waals surface area contributed by atoms with Gasteiger partial charge in [0.15, 0.2) is 9.84 Å². The predicted octanol–water partition coefficient (Wildman–Crippen LogP) is 2.44. The van der Waals surface area contributed by atoms with E-state index in [0.717, 1.165) is 0 Å². The van der Waals surface area contributed by atoms with E-state index in [4.69, 9.17) is 4.74 Å². The van der Waals surface area contributed by atoms with E-state index in [-0.39, 0.29) is 31.2 Å². The van der Waals surface area contributed by atoms with Crippen LogP contribution in [-0.2, 0) is 25.1 Å². The van der Waals surface area contributed by atoms with Crippen molar-refractivity contribution in [3.8, 4) is 0 Å². The highest BCUT2D eigenvalue weighted by atomic mass is 32.2. The van der Waals surface area contributed by atoms with Gasteiger partial charge in [0.05, 0.1) is 29.2 Å². The summed E-state index contributed by atoms with van der Waals surface area (Å²) in [6.07, 6.45) is 0.198. The summed E-state index contributed by atoms with van der Waals surface area (Å²) >= 11 is 4.32. The topological polar surface area (TPSA) is 102 Å². The Bertz CT molecular complexity index is 1020. The summed E-state index contributed by atoms with van der Waals surface area (Å²) in [5.41, 5.74) is 1.56. The first-order valence-electron chi connectivity index (χ1n) is 9.60. The highest BCUT2D eigenvalue weighted by Crippen LogP contribution is 2.23. The molecule has 2 unspecified atom stereocenters. The maximum absolute atomic E-state index is 12.8. The Morgan fingerprint density at radius 3 is 2.53 bits per heavy atom. The van der Waals surface area contributed by atoms with E-state index >= 15 is 0 Å². The quantitative estimate of drug-likeness (QED) is 0.444. The molecule has 1 amide bonds. The highest BCUT2D eigenvalue weighted by Gasteiger charge is 2.37. The van der Waals surface area contributed by atoms with Crippen molar-refractivity contribution in [2.75, 3.05) is 18.5 Å². The van der Waals surface area contributed by atoms with Crippen molar-refractivity contribution in [2.24, 2.45) is 0 Å². The molecule has 2 atom stereocenters. The van der Waals surface area contributed by atoms with Crippen molar-refractivity contribution >= 4 is 40.0 Å². The average molecular weight is 449 g/mol. The Morgan fingerprint density at radius 1 is 1.17 bits per heavy atom. The number of carbonyl (C=O) groups is 2. The fraction of sp³-hybridized carbons (Fsp3) is 0.333. The molecule has 0 saturated carbocycles. The van der Waals surface area contributed by atoms with Gasteiger partial charge in [-0.1, -0.05) is 18.2 Å². The number of hydrogen-bond donors (Lipinski definition) is 3. The molecule has 0 radical (unpaired) electrons. The first-order valence-corrected chi connectivity index (χ1v) is 11.8. The molecule has 160 valence electrons. The first-order chi connectivity index (χ1) is 14.3. The van der Waals surface area contributed by atoms with E-state index in [1.54, 1.807) is 55.5 Å². The van der Waals surface area contributed by atoms with E-state index in [1.165, 1.54) is 0 Å². The number of anilines is 1. The zero-order valence-corrected chi connectivity index (χ0v) is 18.2. The number of esters is 1. The molecule has 0 aliphatic carbocycles. The third-order valence-corrected chi connectivity index (χ3v) is 7.45. The normalized spacial score (nSPS) is 18.7. The maximum Gasteiger partial charge on any atom is 0.338 e. The van der Waals surface area contributed by atoms with Gasteiger partial charge in [-0.25, -0.2) is 13.2 Å². The summed E-state index contributed by atoms with van der Waals surface area (Å²) in [5, 5.41) is 5.10. The second-order valence-corrected chi connectivity index (χ2v) is 9.80. The van der Waals surface area contributed by atoms with Gasteiger partial charge in [0.1, 0.15) is 0 Å². The molecule has 1 aliphatic heterocycles. The van der Waals surface area contributed by atoms with Crippen LogP contribution in [0.5, 0.6) is 0 Å². The molecular weight excluding hydrogens is 424 g/mol. The van der Waals surface area contributed by atoms with Crippen molar-refractivity contribution in [3.05, 3.63) is 59.7 Å². The van der Waals surface area contributed by atoms with Crippen LogP contribution in [0, 0.1) is 0 Å². The predicted molar refractivity (Wildman–Crippen MR) is 118 cm³/mol. The van der Waals surface area contributed by atoms with Crippen molar-refractivity contribution in [3.63, 3.8) is 0 Å². The van der Waals surface area contributed by atoms with Gasteiger partial charge in [0.2, 0.25) is 5.91 Å². The Morgan fingerprint density at radius 2 is 1.87 bits per heavy atom. The van der Waals surface area contributed by atoms with Gasteiger partial charge < -0.3 is 15.4 Å². The van der Waals surface area contributed by atoms with Gasteiger partial charge >= 0.3 is 5.97 Å². The SMILES string of the molecule is CCOC(=O)c1ccc(NC(=O)C2CC(S(=O)(=O)Cc3ccccc3S)CN2)cc1. The molecule has 3 rings (SSSR count). The lowest BCUT2D eigenvalue weighted by Gasteiger charge is -2.13. The van der Waals surface area contributed by atoms with Gasteiger partial charge in [-0.05, 0) is 49.2 Å². The standard InChI is InChI=1S/C21H24N2O5S2/c1-2-28-21(25)14-7-9-16(10-8-14)23-20(24)18-11-17(12-22-18)30(26,27)13-15-5-3-4-6-19(15)29/h3-10,17-18,22,29H,2,11-13H2,1H3,(H,23,24). The van der Waals surface area contributed by atoms with Crippen LogP contribution in [0.2, 0.25) is 0 Å². The molecule has 1 heterocycles. The minimum Gasteiger partial charge on any atom is -0.462 e. The number of thiol groups is 1. The summed E-state index contributed by atoms with van der Waals surface area (Å²) < 4.78 is 30.5. The molecular formula is C21H24N2O5S2. The van der Waals surface area contributed by atoms with Crippen LogP contribution in [0.3, 0.4) is 0 Å². The highest BCUT2D eigenvalue weighted by molar-refractivity contribution is 7.91. The monoisotopic (exact) mass is 448 g/mol. The minimum absolute atomic E-state index is 0.108. The molecule has 1 saturated heterocycles. The lowest BCUT2D eigenvalue weighted by atomic mass is 10.2. The zero-order valence-electron chi connectivity index (χ0n) is 16.5. The van der Waals surface area contributed by atoms with E-state index in [0.29, 0.717) is 21.7 Å². The first kappa shape index (κ1) is 22.3. The third-order valence-electron chi connectivity index (χ3n) is 4.93. The Hall–Kier alpha value is -2.36. The van der Waals surface area contributed by atoms with Crippen LogP contribution in [0.4, 0.5) is 5.69 Å². The molecule has 1 fully saturated rings. The zero-order chi connectivity index (χ0) is 21.7. The summed E-state index contributed by atoms with van der Waals surface area (Å²) in [7, 11) is -3.44. The number of benzene rings is 2. The second kappa shape index (κ2) is 9.63. The summed E-state index contributed by atoms with van der Waals surface area (Å²) in [4.78, 5) is 24.9. The summed E-state index contributed by atoms with van der Waals surface area (Å²) in [6.45, 7) is 2.23. The molecule has 30 heavy (non-hydrogen) atoms. The molecule has 1 aliphatic rings. The number of ether oxygens (including phenoxy) is 1. The van der Waals surface area contributed by atoms with Gasteiger partial charge in [0.25, 0.3) is 0 Å². The van der Waals surface area contributed by atoms with Crippen molar-refractivity contribution < 1.29 is 22.7 Å². The van der Waals surface area contributed by atoms with Crippen molar-refractivity contribution in [1.29, 1.82) is 0 Å². The molecule has 9 heteroatoms. The lowest BCUT2D eigenvalue weighted by Crippen LogP contribution is -2.35. The fourth-order valence-corrected chi connectivity index (χ4v) is 5.38. The number of rotatable bonds is 7. The molecule has 7 nitrogen and oxygen atoms in total. The third kappa shape index (κ3) is 5.41. The van der Waals surface area contributed by atoms with Crippen molar-refractivity contribution in [2.45, 2.75) is 35.3 Å². The molecule has 2 aromatic rings. The minimum atomic E-state index is -3.44. The number of hydrogen-bond acceptors (Lipinski definition) is 7. The molecule has 0 spiro atoms. The molecule has 2 N–H and O–H groups in total. The maximum atomic E-state index is 12.8. The van der Waals surface area contributed by atoms with E-state index < -0.39 is 27.1 Å².